The number of aromatic nitrogens is 5. The number of carbonyl (C=O) groups excluding carboxylic acids is 2. The number of nitrogens with zero attached hydrogens (tertiary/aromatic N) is 7. The number of nitrogens with one attached hydrogen (secondary N) is 3. The van der Waals surface area contributed by atoms with E-state index in [1.807, 2.05) is 0 Å². The van der Waals surface area contributed by atoms with Gasteiger partial charge in [0.15, 0.2) is 17.9 Å². The number of fused-ring (bicyclic) bond motifs is 2. The van der Waals surface area contributed by atoms with Crippen molar-refractivity contribution in [1.82, 2.24) is 39.9 Å². The van der Waals surface area contributed by atoms with Crippen molar-refractivity contribution in [3.8, 4) is 17.1 Å². The maximum absolute atomic E-state index is 14.9. The van der Waals surface area contributed by atoms with Crippen molar-refractivity contribution in [2.45, 2.75) is 19.6 Å². The van der Waals surface area contributed by atoms with Crippen molar-refractivity contribution in [1.29, 1.82) is 0 Å². The van der Waals surface area contributed by atoms with Crippen LogP contribution in [0.4, 0.5) is 33.5 Å². The van der Waals surface area contributed by atoms with Crippen LogP contribution in [0.3, 0.4) is 0 Å². The van der Waals surface area contributed by atoms with E-state index in [4.69, 9.17) is 4.74 Å². The number of allylic oxidation sites excluding steroid dienone is 2. The van der Waals surface area contributed by atoms with Gasteiger partial charge in [-0.05, 0) is 73.7 Å². The summed E-state index contributed by atoms with van der Waals surface area (Å²) in [6.45, 7) is 0.254. The predicted octanol–water partition coefficient (Wildman–Crippen LogP) is 6.96. The first-order valence-corrected chi connectivity index (χ1v) is 17.5. The van der Waals surface area contributed by atoms with Crippen molar-refractivity contribution in [2.75, 3.05) is 17.2 Å². The normalized spacial score (nSPS) is 13.7. The third kappa shape index (κ3) is 7.88. The number of pyridine rings is 2. The quantitative estimate of drug-likeness (QED) is 0.125. The largest absolute Gasteiger partial charge is 0.468 e. The van der Waals surface area contributed by atoms with E-state index in [1.54, 1.807) is 84.6 Å². The lowest BCUT2D eigenvalue weighted by atomic mass is 10.1. The van der Waals surface area contributed by atoms with Gasteiger partial charge in [0.2, 0.25) is 5.88 Å². The highest BCUT2D eigenvalue weighted by atomic mass is 19.4. The fourth-order valence-corrected chi connectivity index (χ4v) is 6.24. The SMILES string of the molecule is Cc1cc(NC(=O)c2cnc3ccc(-c4ccccc4F)nn23)cc(CN2C=C(C(=O)Nc3cccc(OCC(F)(F)F)n3)N3NC(c4ccccc4F)=CC=C23)n1. The molecule has 0 radical (unpaired) electrons. The first kappa shape index (κ1) is 37.3. The highest BCUT2D eigenvalue weighted by molar-refractivity contribution is 6.04. The fraction of sp³-hybridized carbons (Fsp3) is 0.100. The second-order valence-corrected chi connectivity index (χ2v) is 12.9. The van der Waals surface area contributed by atoms with E-state index in [0.717, 1.165) is 0 Å². The summed E-state index contributed by atoms with van der Waals surface area (Å²) in [6, 6.07) is 22.8. The molecule has 0 saturated heterocycles. The topological polar surface area (TPSA) is 142 Å². The van der Waals surface area contributed by atoms with E-state index >= 15 is 0 Å². The summed E-state index contributed by atoms with van der Waals surface area (Å²) in [5.41, 5.74) is 6.14. The van der Waals surface area contributed by atoms with Crippen LogP contribution in [0.15, 0.2) is 127 Å². The standard InChI is InChI=1S/C40H29F5N10O3/c1-23-17-24(48-38(56)32-19-46-35-15-13-30(51-54(32)35)26-7-2-4-9-28(26)41)18-25(47-23)20-53-21-33(39(57)50-34-11-6-12-36(49-34)58-22-40(43,44)45)55-37(53)16-14-31(52-55)27-8-3-5-10-29(27)42/h2-19,21,52H,20,22H2,1H3,(H,47,48,56)(H,49,50,57). The van der Waals surface area contributed by atoms with Crippen LogP contribution in [0.5, 0.6) is 5.88 Å². The van der Waals surface area contributed by atoms with Crippen LogP contribution >= 0.6 is 0 Å². The molecule has 3 N–H and O–H groups in total. The molecule has 0 aliphatic carbocycles. The van der Waals surface area contributed by atoms with E-state index in [9.17, 15) is 31.5 Å². The molecule has 0 bridgehead atoms. The molecular weight excluding hydrogens is 763 g/mol. The molecule has 6 heterocycles. The number of benzene rings is 2. The molecule has 0 saturated carbocycles. The Bertz CT molecular complexity index is 2690. The molecule has 0 atom stereocenters. The van der Waals surface area contributed by atoms with E-state index in [2.05, 4.69) is 36.1 Å². The second-order valence-electron chi connectivity index (χ2n) is 12.9. The number of hydrogen-bond donors (Lipinski definition) is 3. The van der Waals surface area contributed by atoms with Crippen molar-refractivity contribution in [3.63, 3.8) is 0 Å². The third-order valence-electron chi connectivity index (χ3n) is 8.76. The average Bonchev–Trinajstić information content (AvgIpc) is 3.78. The summed E-state index contributed by atoms with van der Waals surface area (Å²) in [4.78, 5) is 42.0. The monoisotopic (exact) mass is 792 g/mol. The molecule has 4 aromatic heterocycles. The number of amides is 2. The van der Waals surface area contributed by atoms with Crippen molar-refractivity contribution < 1.29 is 36.3 Å². The fourth-order valence-electron chi connectivity index (χ4n) is 6.24. The van der Waals surface area contributed by atoms with E-state index in [-0.39, 0.29) is 40.8 Å². The molecule has 13 nitrogen and oxygen atoms in total. The Labute approximate surface area is 325 Å². The molecule has 0 spiro atoms. The number of rotatable bonds is 10. The lowest BCUT2D eigenvalue weighted by molar-refractivity contribution is -0.154. The molecular formula is C40H29F5N10O3. The molecule has 2 aliphatic rings. The van der Waals surface area contributed by atoms with Crippen molar-refractivity contribution in [2.24, 2.45) is 0 Å². The van der Waals surface area contributed by atoms with Gasteiger partial charge in [0.1, 0.15) is 29.0 Å². The minimum absolute atomic E-state index is 0.0210. The molecule has 2 aromatic carbocycles. The van der Waals surface area contributed by atoms with Crippen LogP contribution in [0.1, 0.15) is 27.4 Å². The number of anilines is 2. The van der Waals surface area contributed by atoms with Gasteiger partial charge < -0.3 is 20.3 Å². The van der Waals surface area contributed by atoms with Gasteiger partial charge in [0, 0.05) is 34.8 Å². The number of aryl methyl sites for hydroxylation is 1. The summed E-state index contributed by atoms with van der Waals surface area (Å²) < 4.78 is 73.7. The zero-order chi connectivity index (χ0) is 40.6. The number of hydrogen-bond acceptors (Lipinski definition) is 10. The van der Waals surface area contributed by atoms with Gasteiger partial charge in [-0.1, -0.05) is 30.3 Å². The summed E-state index contributed by atoms with van der Waals surface area (Å²) in [5.74, 6) is -2.21. The molecule has 6 aromatic rings. The summed E-state index contributed by atoms with van der Waals surface area (Å²) in [7, 11) is 0. The Morgan fingerprint density at radius 1 is 0.845 bits per heavy atom. The highest BCUT2D eigenvalue weighted by Crippen LogP contribution is 2.33. The smallest absolute Gasteiger partial charge is 0.422 e. The van der Waals surface area contributed by atoms with E-state index < -0.39 is 36.2 Å². The maximum atomic E-state index is 14.9. The zero-order valence-corrected chi connectivity index (χ0v) is 30.1. The number of ether oxygens (including phenoxy) is 1. The Balaban J connectivity index is 1.06. The van der Waals surface area contributed by atoms with E-state index in [1.165, 1.54) is 52.3 Å². The summed E-state index contributed by atoms with van der Waals surface area (Å²) >= 11 is 0. The molecule has 18 heteroatoms. The van der Waals surface area contributed by atoms with Crippen LogP contribution in [-0.4, -0.2) is 59.1 Å². The Morgan fingerprint density at radius 2 is 1.60 bits per heavy atom. The second kappa shape index (κ2) is 15.1. The summed E-state index contributed by atoms with van der Waals surface area (Å²) in [5, 5.41) is 11.3. The van der Waals surface area contributed by atoms with Gasteiger partial charge in [0.05, 0.1) is 29.8 Å². The number of hydrazine groups is 1. The number of imidazole rings is 1. The maximum Gasteiger partial charge on any atom is 0.422 e. The average molecular weight is 793 g/mol. The molecule has 0 fully saturated rings. The lowest BCUT2D eigenvalue weighted by Gasteiger charge is -2.31. The van der Waals surface area contributed by atoms with Gasteiger partial charge in [-0.15, -0.1) is 0 Å². The van der Waals surface area contributed by atoms with Gasteiger partial charge in [0.25, 0.3) is 11.8 Å². The van der Waals surface area contributed by atoms with Crippen LogP contribution in [0.2, 0.25) is 0 Å². The van der Waals surface area contributed by atoms with Gasteiger partial charge in [-0.3, -0.25) is 20.0 Å². The van der Waals surface area contributed by atoms with Crippen LogP contribution in [0, 0.1) is 18.6 Å². The minimum Gasteiger partial charge on any atom is -0.468 e. The summed E-state index contributed by atoms with van der Waals surface area (Å²) in [6.07, 6.45) is 1.60. The molecule has 2 aliphatic heterocycles. The van der Waals surface area contributed by atoms with Gasteiger partial charge in [-0.25, -0.2) is 23.3 Å². The van der Waals surface area contributed by atoms with Crippen molar-refractivity contribution in [3.05, 3.63) is 161 Å². The third-order valence-corrected chi connectivity index (χ3v) is 8.76. The molecule has 8 rings (SSSR count). The van der Waals surface area contributed by atoms with E-state index in [0.29, 0.717) is 39.9 Å². The minimum atomic E-state index is -4.59. The first-order chi connectivity index (χ1) is 27.9. The van der Waals surface area contributed by atoms with Crippen LogP contribution in [0.25, 0.3) is 22.6 Å². The Hall–Kier alpha value is -7.63. The predicted molar refractivity (Wildman–Crippen MR) is 201 cm³/mol. The lowest BCUT2D eigenvalue weighted by Crippen LogP contribution is -2.40. The molecule has 0 unspecified atom stereocenters. The van der Waals surface area contributed by atoms with Crippen LogP contribution in [-0.2, 0) is 11.3 Å². The van der Waals surface area contributed by atoms with Gasteiger partial charge >= 0.3 is 6.18 Å². The number of halogens is 5. The first-order valence-electron chi connectivity index (χ1n) is 17.5. The molecule has 58 heavy (non-hydrogen) atoms. The number of alkyl halides is 3. The van der Waals surface area contributed by atoms with Crippen LogP contribution < -0.4 is 20.8 Å². The molecule has 292 valence electrons. The zero-order valence-electron chi connectivity index (χ0n) is 30.1. The Kier molecular flexibility index (Phi) is 9.73. The van der Waals surface area contributed by atoms with Crippen molar-refractivity contribution >= 4 is 34.7 Å². The van der Waals surface area contributed by atoms with Gasteiger partial charge in [-0.2, -0.15) is 23.3 Å². The highest BCUT2D eigenvalue weighted by Gasteiger charge is 2.35. The molecule has 2 amide bonds. The number of carbonyl (C=O) groups is 2. The Morgan fingerprint density at radius 3 is 2.36 bits per heavy atom.